The molecule has 12 rings (SSSR count). The molecule has 5 unspecified atom stereocenters. The number of aliphatic imine (C=N–C) groups is 1. The summed E-state index contributed by atoms with van der Waals surface area (Å²) in [6.45, 7) is 0. The first-order valence-corrected chi connectivity index (χ1v) is 20.9. The van der Waals surface area contributed by atoms with Crippen molar-refractivity contribution >= 4 is 16.6 Å². The Hall–Kier alpha value is -7.27. The summed E-state index contributed by atoms with van der Waals surface area (Å²) in [6.07, 6.45) is 8.32. The number of ether oxygens (including phenoxy) is 1. The monoisotopic (exact) mass is 771 g/mol. The van der Waals surface area contributed by atoms with Gasteiger partial charge in [0.1, 0.15) is 30.0 Å². The van der Waals surface area contributed by atoms with Crippen molar-refractivity contribution in [3.8, 4) is 39.1 Å². The van der Waals surface area contributed by atoms with E-state index in [9.17, 15) is 0 Å². The zero-order valence-corrected chi connectivity index (χ0v) is 32.9. The number of hydrogen-bond acceptors (Lipinski definition) is 4. The lowest BCUT2D eigenvalue weighted by molar-refractivity contribution is 0.141. The van der Waals surface area contributed by atoms with E-state index >= 15 is 0 Å². The van der Waals surface area contributed by atoms with Crippen molar-refractivity contribution in [1.82, 2.24) is 10.6 Å². The maximum atomic E-state index is 6.72. The summed E-state index contributed by atoms with van der Waals surface area (Å²) in [7, 11) is 0. The van der Waals surface area contributed by atoms with Gasteiger partial charge in [0.15, 0.2) is 0 Å². The lowest BCUT2D eigenvalue weighted by atomic mass is 9.60. The minimum atomic E-state index is -0.405. The van der Waals surface area contributed by atoms with Gasteiger partial charge in [0.05, 0.1) is 5.41 Å². The van der Waals surface area contributed by atoms with Crippen LogP contribution in [-0.4, -0.2) is 11.9 Å². The van der Waals surface area contributed by atoms with E-state index in [2.05, 4.69) is 223 Å². The second kappa shape index (κ2) is 13.9. The molecule has 286 valence electrons. The van der Waals surface area contributed by atoms with Crippen molar-refractivity contribution in [2.24, 2.45) is 10.9 Å². The summed E-state index contributed by atoms with van der Waals surface area (Å²) in [6, 6.07) is 68.1. The van der Waals surface area contributed by atoms with Gasteiger partial charge in [-0.15, -0.1) is 0 Å². The predicted molar refractivity (Wildman–Crippen MR) is 244 cm³/mol. The van der Waals surface area contributed by atoms with Crippen molar-refractivity contribution < 1.29 is 4.74 Å². The zero-order chi connectivity index (χ0) is 39.6. The average molecular weight is 772 g/mol. The van der Waals surface area contributed by atoms with Gasteiger partial charge in [0, 0.05) is 17.0 Å². The van der Waals surface area contributed by atoms with Crippen LogP contribution in [0.15, 0.2) is 217 Å². The Morgan fingerprint density at radius 3 is 2.08 bits per heavy atom. The molecule has 8 aromatic carbocycles. The number of fused-ring (bicyclic) bond motifs is 10. The Balaban J connectivity index is 0.994. The van der Waals surface area contributed by atoms with Gasteiger partial charge in [-0.2, -0.15) is 0 Å². The molecule has 4 nitrogen and oxygen atoms in total. The molecule has 2 N–H and O–H groups in total. The highest BCUT2D eigenvalue weighted by Gasteiger charge is 2.56. The minimum Gasteiger partial charge on any atom is -0.485 e. The number of amidine groups is 1. The van der Waals surface area contributed by atoms with E-state index < -0.39 is 5.41 Å². The first-order chi connectivity index (χ1) is 29.7. The molecular formula is C56H41N3O. The predicted octanol–water partition coefficient (Wildman–Crippen LogP) is 12.3. The Morgan fingerprint density at radius 2 is 1.15 bits per heavy atom. The van der Waals surface area contributed by atoms with Crippen LogP contribution in [-0.2, 0) is 5.41 Å². The summed E-state index contributed by atoms with van der Waals surface area (Å²) in [5, 5.41) is 10.2. The van der Waals surface area contributed by atoms with Crippen molar-refractivity contribution in [3.63, 3.8) is 0 Å². The quantitative estimate of drug-likeness (QED) is 0.183. The van der Waals surface area contributed by atoms with Crippen molar-refractivity contribution in [3.05, 3.63) is 246 Å². The number of rotatable bonds is 5. The van der Waals surface area contributed by atoms with Gasteiger partial charge >= 0.3 is 0 Å². The van der Waals surface area contributed by atoms with E-state index in [0.29, 0.717) is 0 Å². The largest absolute Gasteiger partial charge is 0.485 e. The molecule has 0 aromatic heterocycles. The Kier molecular flexibility index (Phi) is 8.07. The van der Waals surface area contributed by atoms with E-state index in [1.807, 2.05) is 0 Å². The molecule has 60 heavy (non-hydrogen) atoms. The van der Waals surface area contributed by atoms with Crippen molar-refractivity contribution in [2.45, 2.75) is 23.9 Å². The van der Waals surface area contributed by atoms with Crippen molar-refractivity contribution in [1.29, 1.82) is 0 Å². The van der Waals surface area contributed by atoms with Crippen LogP contribution < -0.4 is 15.4 Å². The second-order valence-corrected chi connectivity index (χ2v) is 16.2. The second-order valence-electron chi connectivity index (χ2n) is 16.2. The van der Waals surface area contributed by atoms with Gasteiger partial charge in [0.25, 0.3) is 0 Å². The first kappa shape index (κ1) is 34.7. The normalized spacial score (nSPS) is 21.9. The molecule has 2 aliphatic heterocycles. The third kappa shape index (κ3) is 5.38. The molecule has 0 saturated heterocycles. The molecule has 0 amide bonds. The number of hydrogen-bond donors (Lipinski definition) is 2. The Labute approximate surface area is 350 Å². The van der Waals surface area contributed by atoms with Crippen LogP contribution in [0.1, 0.15) is 45.7 Å². The molecule has 8 aromatic rings. The number of nitrogens with one attached hydrogen (secondary N) is 2. The molecule has 2 aliphatic carbocycles. The summed E-state index contributed by atoms with van der Waals surface area (Å²) < 4.78 is 6.72. The van der Waals surface area contributed by atoms with E-state index in [1.54, 1.807) is 0 Å². The van der Waals surface area contributed by atoms with E-state index in [-0.39, 0.29) is 24.4 Å². The van der Waals surface area contributed by atoms with Gasteiger partial charge in [0.2, 0.25) is 0 Å². The zero-order valence-electron chi connectivity index (χ0n) is 32.9. The highest BCUT2D eigenvalue weighted by atomic mass is 16.5. The van der Waals surface area contributed by atoms with Crippen LogP contribution in [0.5, 0.6) is 5.75 Å². The fourth-order valence-corrected chi connectivity index (χ4v) is 10.4. The number of allylic oxidation sites excluding steroid dienone is 2. The van der Waals surface area contributed by atoms with Crippen LogP contribution in [0.2, 0.25) is 0 Å². The third-order valence-electron chi connectivity index (χ3n) is 13.0. The Morgan fingerprint density at radius 1 is 0.500 bits per heavy atom. The highest BCUT2D eigenvalue weighted by molar-refractivity contribution is 6.10. The van der Waals surface area contributed by atoms with Crippen molar-refractivity contribution in [2.75, 3.05) is 0 Å². The smallest absolute Gasteiger partial charge is 0.132 e. The molecule has 0 radical (unpaired) electrons. The molecule has 4 heteroatoms. The van der Waals surface area contributed by atoms with Crippen LogP contribution in [0.3, 0.4) is 0 Å². The molecular weight excluding hydrogens is 731 g/mol. The maximum Gasteiger partial charge on any atom is 0.132 e. The minimum absolute atomic E-state index is 0.0710. The molecule has 2 heterocycles. The molecule has 5 atom stereocenters. The molecule has 1 spiro atoms. The highest BCUT2D eigenvalue weighted by Crippen LogP contribution is 2.63. The first-order valence-electron chi connectivity index (χ1n) is 20.9. The molecule has 0 bridgehead atoms. The topological polar surface area (TPSA) is 45.6 Å². The standard InChI is InChI=1S/C56H41N3O/c1-2-16-36(17-3-1)38-20-12-22-40(34-38)53-57-54(59-55(58-53)44-27-14-19-37-18-4-5-24-42(37)44)41-23-13-21-39(35-41)43-26-15-31-49-52(43)45-25-6-7-28-46(45)56(49)47-29-8-10-32-50(47)60-51-33-11-9-30-48(51)56/h1-35,47,50,53-54,57H,(H,58,59). The van der Waals surface area contributed by atoms with Crippen LogP contribution in [0.4, 0.5) is 0 Å². The lowest BCUT2D eigenvalue weighted by Crippen LogP contribution is -2.47. The third-order valence-corrected chi connectivity index (χ3v) is 13.0. The number of nitrogens with zero attached hydrogens (tertiary/aromatic N) is 1. The van der Waals surface area contributed by atoms with Gasteiger partial charge in [-0.1, -0.05) is 188 Å². The average Bonchev–Trinajstić information content (AvgIpc) is 3.62. The molecule has 4 aliphatic rings. The van der Waals surface area contributed by atoms with Crippen LogP contribution >= 0.6 is 0 Å². The molecule has 0 saturated carbocycles. The van der Waals surface area contributed by atoms with E-state index in [0.717, 1.165) is 28.3 Å². The van der Waals surface area contributed by atoms with Crippen LogP contribution in [0, 0.1) is 5.92 Å². The SMILES string of the molecule is C1=CC2Oc3ccccc3C3(c4ccccc4-c4c(-c5cccc(C6NC(c7cccc8ccccc78)=NC(c7cccc(-c8ccccc8)c7)N6)c5)cccc43)C2C=C1. The summed E-state index contributed by atoms with van der Waals surface area (Å²) >= 11 is 0. The lowest BCUT2D eigenvalue weighted by Gasteiger charge is -2.47. The summed E-state index contributed by atoms with van der Waals surface area (Å²) in [5.41, 5.74) is 14.1. The summed E-state index contributed by atoms with van der Waals surface area (Å²) in [5.74, 6) is 1.92. The fourth-order valence-electron chi connectivity index (χ4n) is 10.4. The van der Waals surface area contributed by atoms with E-state index in [4.69, 9.17) is 9.73 Å². The fraction of sp³-hybridized carbons (Fsp3) is 0.0893. The van der Waals surface area contributed by atoms with E-state index in [1.165, 1.54) is 60.8 Å². The van der Waals surface area contributed by atoms with Gasteiger partial charge < -0.3 is 10.1 Å². The number of benzene rings is 8. The maximum absolute atomic E-state index is 6.72. The van der Waals surface area contributed by atoms with Gasteiger partial charge in [-0.25, -0.2) is 4.99 Å². The number of para-hydroxylation sites is 1. The Bertz CT molecular complexity index is 3070. The summed E-state index contributed by atoms with van der Waals surface area (Å²) in [4.78, 5) is 5.41. The van der Waals surface area contributed by atoms with Gasteiger partial charge in [-0.3, -0.25) is 5.32 Å². The van der Waals surface area contributed by atoms with Crippen LogP contribution in [0.25, 0.3) is 44.2 Å². The van der Waals surface area contributed by atoms with Gasteiger partial charge in [-0.05, 0) is 90.7 Å². The molecule has 0 fully saturated rings.